The van der Waals surface area contributed by atoms with Crippen LogP contribution < -0.4 is 0 Å². The molecule has 3 heterocycles. The predicted octanol–water partition coefficient (Wildman–Crippen LogP) is 3.99. The van der Waals surface area contributed by atoms with E-state index in [0.717, 1.165) is 0 Å². The Kier molecular flexibility index (Phi) is 6.66. The molecule has 0 radical (unpaired) electrons. The Bertz CT molecular complexity index is 858. The summed E-state index contributed by atoms with van der Waals surface area (Å²) in [6, 6.07) is 0. The fourth-order valence-corrected chi connectivity index (χ4v) is 5.07. The zero-order valence-electron chi connectivity index (χ0n) is 15.6. The molecule has 0 aromatic carbocycles. The van der Waals surface area contributed by atoms with Gasteiger partial charge in [0.25, 0.3) is 0 Å². The molecular formula is C16H22ClF2N4O4P. The lowest BCUT2D eigenvalue weighted by Gasteiger charge is -2.29. The van der Waals surface area contributed by atoms with Gasteiger partial charge in [0.15, 0.2) is 10.8 Å². The van der Waals surface area contributed by atoms with Crippen LogP contribution >= 0.6 is 19.2 Å². The molecule has 1 fully saturated rings. The number of rotatable bonds is 9. The van der Waals surface area contributed by atoms with E-state index in [9.17, 15) is 13.3 Å². The van der Waals surface area contributed by atoms with E-state index < -0.39 is 25.6 Å². The first-order valence-corrected chi connectivity index (χ1v) is 10.9. The molecule has 156 valence electrons. The smallest absolute Gasteiger partial charge is 0.381 e. The predicted molar refractivity (Wildman–Crippen MR) is 98.6 cm³/mol. The normalized spacial score (nSPS) is 20.9. The molecule has 0 aliphatic carbocycles. The first-order chi connectivity index (χ1) is 13.3. The van der Waals surface area contributed by atoms with Gasteiger partial charge < -0.3 is 18.4 Å². The van der Waals surface area contributed by atoms with Gasteiger partial charge in [0.2, 0.25) is 0 Å². The van der Waals surface area contributed by atoms with Crippen molar-refractivity contribution in [2.45, 2.75) is 32.5 Å². The molecule has 0 bridgehead atoms. The molecule has 1 aliphatic rings. The molecule has 3 rings (SSSR count). The number of nitrogens with zero attached hydrogens (tertiary/aromatic N) is 4. The van der Waals surface area contributed by atoms with E-state index >= 15 is 0 Å². The molecular weight excluding hydrogens is 417 g/mol. The van der Waals surface area contributed by atoms with Crippen LogP contribution in [0, 0.1) is 11.8 Å². The number of ether oxygens (including phenoxy) is 1. The van der Waals surface area contributed by atoms with Crippen LogP contribution in [-0.4, -0.2) is 51.6 Å². The molecule has 2 atom stereocenters. The quantitative estimate of drug-likeness (QED) is 0.432. The second-order valence-electron chi connectivity index (χ2n) is 6.49. The summed E-state index contributed by atoms with van der Waals surface area (Å²) in [5, 5.41) is 0.226. The number of fused-ring (bicyclic) bond motifs is 1. The van der Waals surface area contributed by atoms with Gasteiger partial charge in [-0.1, -0.05) is 11.6 Å². The molecule has 12 heteroatoms. The van der Waals surface area contributed by atoms with Crippen molar-refractivity contribution in [2.75, 3.05) is 26.4 Å². The Morgan fingerprint density at radius 2 is 1.93 bits per heavy atom. The summed E-state index contributed by atoms with van der Waals surface area (Å²) in [7, 11) is -4.56. The Hall–Kier alpha value is -1.19. The standard InChI is InChI=1S/C16H22ClF2N4O4P/c1-3-26-28(24,27-4-2)16(18,19)5-11-7-25-8-12(11)6-23-10-22-13-14(17)20-9-21-15(13)23/h9-12H,3-8H2,1-2H3/t11-,12+/m0/s1. The molecule has 28 heavy (non-hydrogen) atoms. The summed E-state index contributed by atoms with van der Waals surface area (Å²) in [4.78, 5) is 12.2. The van der Waals surface area contributed by atoms with E-state index in [1.165, 1.54) is 20.2 Å². The monoisotopic (exact) mass is 438 g/mol. The van der Waals surface area contributed by atoms with Crippen molar-refractivity contribution in [3.63, 3.8) is 0 Å². The first-order valence-electron chi connectivity index (χ1n) is 8.97. The van der Waals surface area contributed by atoms with Gasteiger partial charge in [-0.3, -0.25) is 4.57 Å². The van der Waals surface area contributed by atoms with Gasteiger partial charge in [0.05, 0.1) is 32.8 Å². The summed E-state index contributed by atoms with van der Waals surface area (Å²) in [5.74, 6) is -0.771. The Labute approximate surface area is 166 Å². The van der Waals surface area contributed by atoms with Crippen molar-refractivity contribution in [3.8, 4) is 0 Å². The van der Waals surface area contributed by atoms with Gasteiger partial charge in [-0.15, -0.1) is 0 Å². The molecule has 0 N–H and O–H groups in total. The maximum Gasteiger partial charge on any atom is 0.399 e. The third-order valence-corrected chi connectivity index (χ3v) is 7.08. The van der Waals surface area contributed by atoms with E-state index in [-0.39, 0.29) is 30.9 Å². The highest BCUT2D eigenvalue weighted by Crippen LogP contribution is 2.64. The molecule has 0 amide bonds. The van der Waals surface area contributed by atoms with Gasteiger partial charge >= 0.3 is 13.3 Å². The largest absolute Gasteiger partial charge is 0.399 e. The van der Waals surface area contributed by atoms with Crippen molar-refractivity contribution >= 4 is 30.4 Å². The van der Waals surface area contributed by atoms with E-state index in [1.54, 1.807) is 10.9 Å². The molecule has 1 saturated heterocycles. The molecule has 2 aromatic heterocycles. The van der Waals surface area contributed by atoms with Crippen LogP contribution in [0.5, 0.6) is 0 Å². The average Bonchev–Trinajstić information content (AvgIpc) is 3.24. The van der Waals surface area contributed by atoms with E-state index in [4.69, 9.17) is 25.4 Å². The third kappa shape index (κ3) is 4.21. The number of aromatic nitrogens is 4. The Balaban J connectivity index is 1.77. The topological polar surface area (TPSA) is 88.4 Å². The zero-order chi connectivity index (χ0) is 20.4. The summed E-state index contributed by atoms with van der Waals surface area (Å²) >= 11 is 6.00. The maximum atomic E-state index is 14.8. The lowest BCUT2D eigenvalue weighted by atomic mass is 9.93. The van der Waals surface area contributed by atoms with Crippen molar-refractivity contribution in [1.29, 1.82) is 0 Å². The van der Waals surface area contributed by atoms with Gasteiger partial charge in [-0.2, -0.15) is 8.78 Å². The molecule has 2 aromatic rings. The average molecular weight is 439 g/mol. The highest BCUT2D eigenvalue weighted by atomic mass is 35.5. The minimum atomic E-state index is -4.56. The van der Waals surface area contributed by atoms with Crippen LogP contribution in [0.1, 0.15) is 20.3 Å². The van der Waals surface area contributed by atoms with Crippen LogP contribution in [0.3, 0.4) is 0 Å². The fourth-order valence-electron chi connectivity index (χ4n) is 3.30. The third-order valence-electron chi connectivity index (χ3n) is 4.62. The molecule has 0 spiro atoms. The van der Waals surface area contributed by atoms with Gasteiger partial charge in [0, 0.05) is 18.9 Å². The highest BCUT2D eigenvalue weighted by molar-refractivity contribution is 7.55. The Morgan fingerprint density at radius 1 is 1.25 bits per heavy atom. The Morgan fingerprint density at radius 3 is 2.61 bits per heavy atom. The van der Waals surface area contributed by atoms with Crippen molar-refractivity contribution in [3.05, 3.63) is 17.8 Å². The van der Waals surface area contributed by atoms with Crippen LogP contribution in [0.15, 0.2) is 12.7 Å². The number of alkyl halides is 2. The first kappa shape index (κ1) is 21.5. The van der Waals surface area contributed by atoms with Gasteiger partial charge in [-0.25, -0.2) is 15.0 Å². The van der Waals surface area contributed by atoms with Crippen LogP contribution in [0.2, 0.25) is 5.15 Å². The van der Waals surface area contributed by atoms with E-state index in [0.29, 0.717) is 24.3 Å². The summed E-state index contributed by atoms with van der Waals surface area (Å²) in [6.45, 7) is 3.55. The lowest BCUT2D eigenvalue weighted by Crippen LogP contribution is -2.28. The number of hydrogen-bond donors (Lipinski definition) is 0. The zero-order valence-corrected chi connectivity index (χ0v) is 17.2. The van der Waals surface area contributed by atoms with Crippen LogP contribution in [-0.2, 0) is 24.9 Å². The molecule has 0 saturated carbocycles. The minimum absolute atomic E-state index is 0.126. The second kappa shape index (κ2) is 8.67. The summed E-state index contributed by atoms with van der Waals surface area (Å²) < 4.78 is 59.1. The molecule has 0 unspecified atom stereocenters. The SMILES string of the molecule is CCOP(=O)(OCC)C(F)(F)C[C@H]1COC[C@H]1Cn1cnc2c(Cl)ncnc21. The minimum Gasteiger partial charge on any atom is -0.381 e. The molecule has 1 aliphatic heterocycles. The maximum absolute atomic E-state index is 14.8. The number of hydrogen-bond acceptors (Lipinski definition) is 7. The van der Waals surface area contributed by atoms with Crippen molar-refractivity contribution in [2.24, 2.45) is 11.8 Å². The van der Waals surface area contributed by atoms with Gasteiger partial charge in [-0.05, 0) is 19.8 Å². The fraction of sp³-hybridized carbons (Fsp3) is 0.688. The van der Waals surface area contributed by atoms with Crippen molar-refractivity contribution in [1.82, 2.24) is 19.5 Å². The second-order valence-corrected chi connectivity index (χ2v) is 9.02. The van der Waals surface area contributed by atoms with E-state index in [2.05, 4.69) is 15.0 Å². The van der Waals surface area contributed by atoms with Crippen molar-refractivity contribution < 1.29 is 27.1 Å². The van der Waals surface area contributed by atoms with E-state index in [1.807, 2.05) is 0 Å². The highest BCUT2D eigenvalue weighted by Gasteiger charge is 2.55. The number of imidazole rings is 1. The summed E-state index contributed by atoms with van der Waals surface area (Å²) in [6.07, 6.45) is 2.21. The summed E-state index contributed by atoms with van der Waals surface area (Å²) in [5.41, 5.74) is -2.65. The molecule has 8 nitrogen and oxygen atoms in total. The van der Waals surface area contributed by atoms with Crippen LogP contribution in [0.25, 0.3) is 11.2 Å². The lowest BCUT2D eigenvalue weighted by molar-refractivity contribution is 0.0118. The van der Waals surface area contributed by atoms with Gasteiger partial charge in [0.1, 0.15) is 11.8 Å². The number of halogens is 3. The van der Waals surface area contributed by atoms with Crippen LogP contribution in [0.4, 0.5) is 8.78 Å².